The largest absolute Gasteiger partial charge is 0.467 e. The number of amides is 1. The zero-order chi connectivity index (χ0) is 16.4. The van der Waals surface area contributed by atoms with E-state index in [2.05, 4.69) is 10.3 Å². The van der Waals surface area contributed by atoms with E-state index < -0.39 is 23.0 Å². The molecule has 1 aliphatic rings. The average Bonchev–Trinajstić information content (AvgIpc) is 2.93. The first-order valence-corrected chi connectivity index (χ1v) is 7.21. The smallest absolute Gasteiger partial charge is 0.332 e. The third-order valence-corrected chi connectivity index (χ3v) is 4.09. The van der Waals surface area contributed by atoms with Crippen LogP contribution < -0.4 is 10.9 Å². The SMILES string of the molecule is COC(=O)C1(NC(=O)c2ccc[nH]c2=O)Cc2ccccc2C1. The van der Waals surface area contributed by atoms with E-state index in [0.717, 1.165) is 11.1 Å². The number of carbonyl (C=O) groups excluding carboxylic acids is 2. The van der Waals surface area contributed by atoms with Crippen LogP contribution in [0.2, 0.25) is 0 Å². The quantitative estimate of drug-likeness (QED) is 0.821. The van der Waals surface area contributed by atoms with Crippen LogP contribution in [-0.2, 0) is 22.4 Å². The van der Waals surface area contributed by atoms with Crippen LogP contribution in [0.4, 0.5) is 0 Å². The summed E-state index contributed by atoms with van der Waals surface area (Å²) in [5.74, 6) is -1.11. The third kappa shape index (κ3) is 2.63. The normalized spacial score (nSPS) is 14.8. The molecule has 0 saturated heterocycles. The van der Waals surface area contributed by atoms with E-state index in [1.165, 1.54) is 19.4 Å². The molecular formula is C17H16N2O4. The van der Waals surface area contributed by atoms with E-state index in [0.29, 0.717) is 12.8 Å². The molecule has 0 bridgehead atoms. The van der Waals surface area contributed by atoms with Crippen LogP contribution in [0.25, 0.3) is 0 Å². The Kier molecular flexibility index (Phi) is 3.73. The summed E-state index contributed by atoms with van der Waals surface area (Å²) in [5, 5.41) is 2.71. The molecule has 2 N–H and O–H groups in total. The van der Waals surface area contributed by atoms with Crippen molar-refractivity contribution in [3.8, 4) is 0 Å². The van der Waals surface area contributed by atoms with Crippen LogP contribution in [0.15, 0.2) is 47.4 Å². The van der Waals surface area contributed by atoms with E-state index in [9.17, 15) is 14.4 Å². The molecule has 1 aromatic heterocycles. The summed E-state index contributed by atoms with van der Waals surface area (Å²) >= 11 is 0. The minimum absolute atomic E-state index is 0.0354. The highest BCUT2D eigenvalue weighted by atomic mass is 16.5. The van der Waals surface area contributed by atoms with Gasteiger partial charge in [0, 0.05) is 19.0 Å². The number of aromatic amines is 1. The summed E-state index contributed by atoms with van der Waals surface area (Å²) in [6.07, 6.45) is 2.12. The Bertz CT molecular complexity index is 800. The number of ether oxygens (including phenoxy) is 1. The van der Waals surface area contributed by atoms with Crippen molar-refractivity contribution in [1.29, 1.82) is 0 Å². The average molecular weight is 312 g/mol. The molecule has 0 atom stereocenters. The van der Waals surface area contributed by atoms with Crippen LogP contribution >= 0.6 is 0 Å². The van der Waals surface area contributed by atoms with Gasteiger partial charge in [0.15, 0.2) is 0 Å². The Morgan fingerprint density at radius 3 is 2.35 bits per heavy atom. The lowest BCUT2D eigenvalue weighted by atomic mass is 9.95. The second-order valence-electron chi connectivity index (χ2n) is 5.56. The Hall–Kier alpha value is -2.89. The predicted molar refractivity (Wildman–Crippen MR) is 83.1 cm³/mol. The van der Waals surface area contributed by atoms with Gasteiger partial charge in [-0.2, -0.15) is 0 Å². The van der Waals surface area contributed by atoms with Crippen molar-refractivity contribution in [3.63, 3.8) is 0 Å². The van der Waals surface area contributed by atoms with Gasteiger partial charge in [-0.05, 0) is 23.3 Å². The Morgan fingerprint density at radius 2 is 1.78 bits per heavy atom. The van der Waals surface area contributed by atoms with E-state index in [1.54, 1.807) is 6.07 Å². The monoisotopic (exact) mass is 312 g/mol. The lowest BCUT2D eigenvalue weighted by Crippen LogP contribution is -2.56. The number of methoxy groups -OCH3 is 1. The van der Waals surface area contributed by atoms with Gasteiger partial charge in [-0.15, -0.1) is 0 Å². The molecule has 6 heteroatoms. The molecule has 0 aliphatic heterocycles. The Labute approximate surface area is 132 Å². The van der Waals surface area contributed by atoms with Crippen molar-refractivity contribution < 1.29 is 14.3 Å². The molecular weight excluding hydrogens is 296 g/mol. The van der Waals surface area contributed by atoms with Gasteiger partial charge in [0.25, 0.3) is 11.5 Å². The van der Waals surface area contributed by atoms with Crippen LogP contribution in [0, 0.1) is 0 Å². The minimum Gasteiger partial charge on any atom is -0.467 e. The van der Waals surface area contributed by atoms with Gasteiger partial charge < -0.3 is 15.0 Å². The van der Waals surface area contributed by atoms with Crippen LogP contribution in [0.1, 0.15) is 21.5 Å². The third-order valence-electron chi connectivity index (χ3n) is 4.09. The number of hydrogen-bond acceptors (Lipinski definition) is 4. The molecule has 118 valence electrons. The van der Waals surface area contributed by atoms with Gasteiger partial charge in [0.1, 0.15) is 11.1 Å². The summed E-state index contributed by atoms with van der Waals surface area (Å²) in [5.41, 5.74) is 0.255. The predicted octanol–water partition coefficient (Wildman–Crippen LogP) is 0.815. The fourth-order valence-corrected chi connectivity index (χ4v) is 2.98. The van der Waals surface area contributed by atoms with E-state index in [4.69, 9.17) is 4.74 Å². The zero-order valence-corrected chi connectivity index (χ0v) is 12.6. The summed E-state index contributed by atoms with van der Waals surface area (Å²) in [6.45, 7) is 0. The van der Waals surface area contributed by atoms with Gasteiger partial charge >= 0.3 is 5.97 Å². The van der Waals surface area contributed by atoms with Crippen LogP contribution in [-0.4, -0.2) is 29.5 Å². The van der Waals surface area contributed by atoms with Gasteiger partial charge in [-0.3, -0.25) is 9.59 Å². The summed E-state index contributed by atoms with van der Waals surface area (Å²) < 4.78 is 4.90. The maximum Gasteiger partial charge on any atom is 0.332 e. The number of rotatable bonds is 3. The first-order chi connectivity index (χ1) is 11.1. The second-order valence-corrected chi connectivity index (χ2v) is 5.56. The van der Waals surface area contributed by atoms with Crippen molar-refractivity contribution in [2.24, 2.45) is 0 Å². The number of carbonyl (C=O) groups is 2. The highest BCUT2D eigenvalue weighted by Gasteiger charge is 2.46. The standard InChI is InChI=1S/C17H16N2O4/c1-23-16(22)17(9-11-5-2-3-6-12(11)10-17)19-15(21)13-7-4-8-18-14(13)20/h2-8H,9-10H2,1H3,(H,18,20)(H,19,21). The molecule has 1 aliphatic carbocycles. The van der Waals surface area contributed by atoms with Crippen molar-refractivity contribution in [2.45, 2.75) is 18.4 Å². The summed E-state index contributed by atoms with van der Waals surface area (Å²) in [7, 11) is 1.29. The lowest BCUT2D eigenvalue weighted by Gasteiger charge is -2.27. The highest BCUT2D eigenvalue weighted by molar-refractivity contribution is 5.98. The number of aromatic nitrogens is 1. The number of nitrogens with one attached hydrogen (secondary N) is 2. The van der Waals surface area contributed by atoms with Crippen molar-refractivity contribution in [1.82, 2.24) is 10.3 Å². The van der Waals surface area contributed by atoms with Crippen LogP contribution in [0.3, 0.4) is 0 Å². The molecule has 0 radical (unpaired) electrons. The molecule has 1 aromatic carbocycles. The number of fused-ring (bicyclic) bond motifs is 1. The molecule has 3 rings (SSSR count). The van der Waals surface area contributed by atoms with Gasteiger partial charge in [-0.1, -0.05) is 24.3 Å². The minimum atomic E-state index is -1.18. The molecule has 0 unspecified atom stereocenters. The molecule has 2 aromatic rings. The van der Waals surface area contributed by atoms with Gasteiger partial charge in [-0.25, -0.2) is 4.79 Å². The Balaban J connectivity index is 1.94. The van der Waals surface area contributed by atoms with E-state index >= 15 is 0 Å². The lowest BCUT2D eigenvalue weighted by molar-refractivity contribution is -0.147. The number of H-pyrrole nitrogens is 1. The summed E-state index contributed by atoms with van der Waals surface area (Å²) in [6, 6.07) is 10.6. The molecule has 23 heavy (non-hydrogen) atoms. The molecule has 0 saturated carbocycles. The van der Waals surface area contributed by atoms with Crippen molar-refractivity contribution in [3.05, 3.63) is 69.6 Å². The van der Waals surface area contributed by atoms with Crippen molar-refractivity contribution >= 4 is 11.9 Å². The number of benzene rings is 1. The first-order valence-electron chi connectivity index (χ1n) is 7.21. The molecule has 6 nitrogen and oxygen atoms in total. The van der Waals surface area contributed by atoms with Crippen molar-refractivity contribution in [2.75, 3.05) is 7.11 Å². The Morgan fingerprint density at radius 1 is 1.13 bits per heavy atom. The first kappa shape index (κ1) is 15.0. The number of esters is 1. The molecule has 1 heterocycles. The van der Waals surface area contributed by atoms with Gasteiger partial charge in [0.2, 0.25) is 0 Å². The maximum absolute atomic E-state index is 12.5. The number of pyridine rings is 1. The summed E-state index contributed by atoms with van der Waals surface area (Å²) in [4.78, 5) is 39.0. The van der Waals surface area contributed by atoms with Crippen LogP contribution in [0.5, 0.6) is 0 Å². The zero-order valence-electron chi connectivity index (χ0n) is 12.6. The fourth-order valence-electron chi connectivity index (χ4n) is 2.98. The molecule has 0 spiro atoms. The molecule has 1 amide bonds. The fraction of sp³-hybridized carbons (Fsp3) is 0.235. The highest BCUT2D eigenvalue weighted by Crippen LogP contribution is 2.31. The van der Waals surface area contributed by atoms with E-state index in [-0.39, 0.29) is 5.56 Å². The maximum atomic E-state index is 12.5. The second kappa shape index (κ2) is 5.72. The van der Waals surface area contributed by atoms with Gasteiger partial charge in [0.05, 0.1) is 7.11 Å². The van der Waals surface area contributed by atoms with E-state index in [1.807, 2.05) is 24.3 Å². The molecule has 0 fully saturated rings. The topological polar surface area (TPSA) is 88.3 Å². The number of hydrogen-bond donors (Lipinski definition) is 2.